The predicted octanol–water partition coefficient (Wildman–Crippen LogP) is 13.2. The third-order valence-electron chi connectivity index (χ3n) is 17.7. The van der Waals surface area contributed by atoms with Crippen molar-refractivity contribution in [3.05, 3.63) is 0 Å². The molecule has 0 aliphatic carbocycles. The number of hydrogen-bond acceptors (Lipinski definition) is 16. The Morgan fingerprint density at radius 1 is 0.464 bits per heavy atom. The molecule has 2 rings (SSSR count). The Labute approximate surface area is 510 Å². The Balaban J connectivity index is 1.98. The number of aliphatic hydroxyl groups is 6. The summed E-state index contributed by atoms with van der Waals surface area (Å²) in [4.78, 5) is 27.7. The van der Waals surface area contributed by atoms with Crippen LogP contribution in [0.4, 0.5) is 0 Å². The molecular formula is C66H126O17S. The molecule has 0 spiro atoms. The smallest absolute Gasteiger partial charge is 0.397 e. The fraction of sp³-hybridized carbons (Fsp3) is 0.970. The van der Waals surface area contributed by atoms with E-state index >= 15 is 0 Å². The Hall–Kier alpha value is -1.55. The van der Waals surface area contributed by atoms with Crippen molar-refractivity contribution in [3.8, 4) is 0 Å². The van der Waals surface area contributed by atoms with Crippen LogP contribution in [0, 0.1) is 35.5 Å². The number of rotatable bonds is 52. The molecule has 2 heterocycles. The molecule has 2 saturated heterocycles. The summed E-state index contributed by atoms with van der Waals surface area (Å²) >= 11 is 0. The maximum Gasteiger partial charge on any atom is 0.397 e. The van der Waals surface area contributed by atoms with Crippen molar-refractivity contribution in [2.75, 3.05) is 13.2 Å². The highest BCUT2D eigenvalue weighted by molar-refractivity contribution is 7.80. The molecule has 17 unspecified atom stereocenters. The molecule has 2 fully saturated rings. The molecule has 0 aromatic rings. The first kappa shape index (κ1) is 78.5. The van der Waals surface area contributed by atoms with Crippen LogP contribution in [0.1, 0.15) is 293 Å². The summed E-state index contributed by atoms with van der Waals surface area (Å²) in [6.45, 7) is 15.5. The number of hydrogen-bond donors (Lipinski definition) is 7. The second-order valence-corrected chi connectivity index (χ2v) is 27.4. The van der Waals surface area contributed by atoms with Gasteiger partial charge in [-0.05, 0) is 74.5 Å². The van der Waals surface area contributed by atoms with E-state index in [0.717, 1.165) is 64.2 Å². The molecule has 17 nitrogen and oxygen atoms in total. The minimum atomic E-state index is -5.33. The van der Waals surface area contributed by atoms with Gasteiger partial charge in [0.2, 0.25) is 6.29 Å². The summed E-state index contributed by atoms with van der Waals surface area (Å²) in [7, 11) is -5.33. The second-order valence-electron chi connectivity index (χ2n) is 26.4. The molecule has 0 bridgehead atoms. The lowest BCUT2D eigenvalue weighted by molar-refractivity contribution is -0.374. The monoisotopic (exact) mass is 1220 g/mol. The van der Waals surface area contributed by atoms with Crippen LogP contribution in [0.25, 0.3) is 0 Å². The summed E-state index contributed by atoms with van der Waals surface area (Å²) in [6, 6.07) is 0. The third kappa shape index (κ3) is 34.4. The predicted molar refractivity (Wildman–Crippen MR) is 330 cm³/mol. The van der Waals surface area contributed by atoms with E-state index in [1.807, 2.05) is 0 Å². The second kappa shape index (κ2) is 46.5. The van der Waals surface area contributed by atoms with Gasteiger partial charge < -0.3 is 54.3 Å². The number of esters is 2. The SMILES string of the molecule is CCCCCCCCCCCCCCCCCC(=O)OC1C(O)C(CO)OC(OC2OC(CO)C(O)C(O)C2OS(=O)(=O)O)C1OC(=O)C(C)CC(C)CC(C)CC(C)CC(C)CC(C)C(O)CCCCCCCCCCCCCCCCC. The van der Waals surface area contributed by atoms with E-state index in [0.29, 0.717) is 30.6 Å². The molecule has 0 aromatic heterocycles. The minimum Gasteiger partial charge on any atom is -0.455 e. The molecule has 2 aliphatic heterocycles. The molecule has 17 atom stereocenters. The van der Waals surface area contributed by atoms with E-state index in [1.165, 1.54) is 154 Å². The van der Waals surface area contributed by atoms with Crippen molar-refractivity contribution >= 4 is 22.3 Å². The highest BCUT2D eigenvalue weighted by atomic mass is 32.3. The van der Waals surface area contributed by atoms with Crippen LogP contribution in [0.5, 0.6) is 0 Å². The zero-order valence-electron chi connectivity index (χ0n) is 54.0. The molecule has 18 heteroatoms. The number of unbranched alkanes of at least 4 members (excludes halogenated alkanes) is 28. The average Bonchev–Trinajstić information content (AvgIpc) is 3.44. The van der Waals surface area contributed by atoms with Gasteiger partial charge in [0.25, 0.3) is 0 Å². The van der Waals surface area contributed by atoms with Gasteiger partial charge >= 0.3 is 22.3 Å². The van der Waals surface area contributed by atoms with Crippen LogP contribution in [0.2, 0.25) is 0 Å². The summed E-state index contributed by atoms with van der Waals surface area (Å²) in [5.74, 6) is -0.640. The Kier molecular flexibility index (Phi) is 43.5. The normalized spacial score (nSPS) is 25.6. The van der Waals surface area contributed by atoms with Crippen molar-refractivity contribution in [3.63, 3.8) is 0 Å². The van der Waals surface area contributed by atoms with Crippen LogP contribution in [-0.2, 0) is 47.9 Å². The van der Waals surface area contributed by atoms with E-state index in [9.17, 15) is 53.2 Å². The first-order valence-corrected chi connectivity index (χ1v) is 35.5. The lowest BCUT2D eigenvalue weighted by atomic mass is 9.81. The molecule has 0 amide bonds. The average molecular weight is 1220 g/mol. The van der Waals surface area contributed by atoms with Gasteiger partial charge in [-0.1, -0.05) is 242 Å². The Morgan fingerprint density at radius 3 is 1.25 bits per heavy atom. The van der Waals surface area contributed by atoms with Gasteiger partial charge in [0.1, 0.15) is 30.5 Å². The van der Waals surface area contributed by atoms with Crippen LogP contribution < -0.4 is 0 Å². The van der Waals surface area contributed by atoms with E-state index < -0.39 is 103 Å². The lowest BCUT2D eigenvalue weighted by Gasteiger charge is -2.46. The van der Waals surface area contributed by atoms with Gasteiger partial charge in [-0.2, -0.15) is 8.42 Å². The standard InChI is InChI=1S/C66H126O17S/c1-9-11-13-15-17-19-21-23-25-27-29-31-33-35-37-39-54(69)52(7)44-50(5)42-48(3)41-49(4)43-51(6)45-53(8)64(74)81-63-61(80-57(70)40-38-36-34-32-30-28-26-24-22-20-18-16-14-12-10-2)59(72)56(47-68)79-66(63)82-65-62(83-84(75,76)77)60(73)58(71)55(46-67)78-65/h48-56,58-63,65-69,71-73H,9-47H2,1-8H3,(H,75,76,77). The maximum absolute atomic E-state index is 14.2. The molecular weight excluding hydrogens is 1100 g/mol. The summed E-state index contributed by atoms with van der Waals surface area (Å²) in [6.07, 6.45) is 23.4. The van der Waals surface area contributed by atoms with Gasteiger partial charge in [-0.15, -0.1) is 0 Å². The first-order chi connectivity index (χ1) is 40.1. The zero-order chi connectivity index (χ0) is 62.3. The largest absolute Gasteiger partial charge is 0.455 e. The van der Waals surface area contributed by atoms with Gasteiger partial charge in [0, 0.05) is 6.42 Å². The Morgan fingerprint density at radius 2 is 0.833 bits per heavy atom. The zero-order valence-corrected chi connectivity index (χ0v) is 54.8. The summed E-state index contributed by atoms with van der Waals surface area (Å²) in [5, 5.41) is 64.3. The van der Waals surface area contributed by atoms with Crippen molar-refractivity contribution < 1.29 is 81.1 Å². The van der Waals surface area contributed by atoms with Gasteiger partial charge in [-0.3, -0.25) is 14.1 Å². The van der Waals surface area contributed by atoms with Crippen molar-refractivity contribution in [2.45, 2.75) is 360 Å². The molecule has 84 heavy (non-hydrogen) atoms. The fourth-order valence-corrected chi connectivity index (χ4v) is 13.5. The fourth-order valence-electron chi connectivity index (χ4n) is 13.0. The molecule has 0 saturated carbocycles. The number of carbonyl (C=O) groups is 2. The third-order valence-corrected chi connectivity index (χ3v) is 18.2. The highest BCUT2D eigenvalue weighted by Crippen LogP contribution is 2.35. The van der Waals surface area contributed by atoms with Gasteiger partial charge in [0.15, 0.2) is 24.6 Å². The number of aliphatic hydroxyl groups excluding tert-OH is 6. The van der Waals surface area contributed by atoms with Crippen LogP contribution in [-0.4, -0.2) is 136 Å². The van der Waals surface area contributed by atoms with Crippen LogP contribution in [0.15, 0.2) is 0 Å². The van der Waals surface area contributed by atoms with E-state index in [2.05, 4.69) is 52.6 Å². The lowest BCUT2D eigenvalue weighted by Crippen LogP contribution is -2.65. The van der Waals surface area contributed by atoms with Crippen molar-refractivity contribution in [2.24, 2.45) is 35.5 Å². The Bertz CT molecular complexity index is 1740. The maximum atomic E-state index is 14.2. The quantitative estimate of drug-likeness (QED) is 0.0170. The van der Waals surface area contributed by atoms with Gasteiger partial charge in [0.05, 0.1) is 25.2 Å². The van der Waals surface area contributed by atoms with Crippen molar-refractivity contribution in [1.82, 2.24) is 0 Å². The van der Waals surface area contributed by atoms with Gasteiger partial charge in [-0.25, -0.2) is 4.18 Å². The van der Waals surface area contributed by atoms with E-state index in [1.54, 1.807) is 6.92 Å². The van der Waals surface area contributed by atoms with E-state index in [-0.39, 0.29) is 24.4 Å². The molecule has 498 valence electrons. The molecule has 2 aliphatic rings. The van der Waals surface area contributed by atoms with Crippen LogP contribution in [0.3, 0.4) is 0 Å². The number of carbonyl (C=O) groups excluding carboxylic acids is 2. The summed E-state index contributed by atoms with van der Waals surface area (Å²) < 4.78 is 67.5. The number of ether oxygens (including phenoxy) is 5. The molecule has 7 N–H and O–H groups in total. The molecule has 0 radical (unpaired) electrons. The summed E-state index contributed by atoms with van der Waals surface area (Å²) in [5.41, 5.74) is 0. The van der Waals surface area contributed by atoms with Crippen molar-refractivity contribution in [1.29, 1.82) is 0 Å². The first-order valence-electron chi connectivity index (χ1n) is 34.1. The topological polar surface area (TPSA) is 265 Å². The van der Waals surface area contributed by atoms with Crippen LogP contribution >= 0.6 is 0 Å². The van der Waals surface area contributed by atoms with E-state index in [4.69, 9.17) is 23.7 Å². The molecule has 0 aromatic carbocycles. The minimum absolute atomic E-state index is 0.0257. The highest BCUT2D eigenvalue weighted by Gasteiger charge is 2.55.